The van der Waals surface area contributed by atoms with Gasteiger partial charge in [-0.2, -0.15) is 4.98 Å². The molecule has 4 rings (SSSR count). The number of anilines is 2. The Morgan fingerprint density at radius 3 is 2.70 bits per heavy atom. The quantitative estimate of drug-likeness (QED) is 0.776. The first kappa shape index (κ1) is 13.6. The summed E-state index contributed by atoms with van der Waals surface area (Å²) in [6.45, 7) is 2.45. The molecular weight excluding hydrogens is 292 g/mol. The van der Waals surface area contributed by atoms with Crippen molar-refractivity contribution in [1.82, 2.24) is 15.2 Å². The van der Waals surface area contributed by atoms with Gasteiger partial charge in [0.05, 0.1) is 0 Å². The van der Waals surface area contributed by atoms with E-state index in [1.165, 1.54) is 5.56 Å². The zero-order chi connectivity index (χ0) is 15.6. The van der Waals surface area contributed by atoms with Crippen LogP contribution in [0.25, 0.3) is 0 Å². The Hall–Kier alpha value is -3.02. The minimum Gasteiger partial charge on any atom is -0.485 e. The standard InChI is InChI=1S/C17H16N4O2/c1-11-6-8-12(9-7-11)18-17-19-16(20-21-17)15-10-22-13-4-2-3-5-14(13)23-15/h2-9,15H,10H2,1H3,(H2,18,19,20,21). The van der Waals surface area contributed by atoms with Crippen LogP contribution in [0, 0.1) is 6.92 Å². The van der Waals surface area contributed by atoms with Crippen molar-refractivity contribution in [3.8, 4) is 11.5 Å². The summed E-state index contributed by atoms with van der Waals surface area (Å²) in [4.78, 5) is 4.44. The highest BCUT2D eigenvalue weighted by molar-refractivity contribution is 5.53. The van der Waals surface area contributed by atoms with Gasteiger partial charge >= 0.3 is 0 Å². The van der Waals surface area contributed by atoms with Crippen LogP contribution in [-0.4, -0.2) is 21.8 Å². The fourth-order valence-corrected chi connectivity index (χ4v) is 2.39. The molecule has 1 aromatic heterocycles. The number of aromatic amines is 1. The predicted molar refractivity (Wildman–Crippen MR) is 86.2 cm³/mol. The molecule has 3 aromatic rings. The maximum Gasteiger partial charge on any atom is 0.246 e. The van der Waals surface area contributed by atoms with E-state index in [1.54, 1.807) is 0 Å². The number of aryl methyl sites for hydroxylation is 1. The second kappa shape index (κ2) is 5.64. The van der Waals surface area contributed by atoms with E-state index in [0.29, 0.717) is 24.1 Å². The number of hydrogen-bond donors (Lipinski definition) is 2. The molecule has 0 saturated heterocycles. The maximum atomic E-state index is 5.91. The molecule has 1 unspecified atom stereocenters. The average molecular weight is 308 g/mol. The lowest BCUT2D eigenvalue weighted by atomic mass is 10.2. The summed E-state index contributed by atoms with van der Waals surface area (Å²) in [6, 6.07) is 15.6. The fraction of sp³-hybridized carbons (Fsp3) is 0.176. The van der Waals surface area contributed by atoms with Gasteiger partial charge in [-0.3, -0.25) is 5.10 Å². The molecule has 1 aliphatic rings. The summed E-state index contributed by atoms with van der Waals surface area (Å²) in [5.74, 6) is 2.61. The van der Waals surface area contributed by atoms with Gasteiger partial charge in [-0.15, -0.1) is 5.10 Å². The van der Waals surface area contributed by atoms with Gasteiger partial charge < -0.3 is 14.8 Å². The Morgan fingerprint density at radius 2 is 1.87 bits per heavy atom. The van der Waals surface area contributed by atoms with Gasteiger partial charge in [0.1, 0.15) is 6.61 Å². The van der Waals surface area contributed by atoms with Gasteiger partial charge in [-0.1, -0.05) is 29.8 Å². The van der Waals surface area contributed by atoms with Crippen LogP contribution in [0.2, 0.25) is 0 Å². The van der Waals surface area contributed by atoms with E-state index in [2.05, 4.69) is 20.5 Å². The van der Waals surface area contributed by atoms with Crippen molar-refractivity contribution in [1.29, 1.82) is 0 Å². The van der Waals surface area contributed by atoms with E-state index >= 15 is 0 Å². The van der Waals surface area contributed by atoms with Crippen molar-refractivity contribution in [2.24, 2.45) is 0 Å². The van der Waals surface area contributed by atoms with Crippen molar-refractivity contribution < 1.29 is 9.47 Å². The molecule has 0 radical (unpaired) electrons. The third-order valence-corrected chi connectivity index (χ3v) is 3.62. The van der Waals surface area contributed by atoms with Crippen LogP contribution in [0.5, 0.6) is 11.5 Å². The molecule has 0 bridgehead atoms. The van der Waals surface area contributed by atoms with E-state index in [-0.39, 0.29) is 6.10 Å². The molecule has 0 fully saturated rings. The SMILES string of the molecule is Cc1ccc(Nc2n[nH]c(C3COc4ccccc4O3)n2)cc1. The second-order valence-corrected chi connectivity index (χ2v) is 5.40. The number of H-pyrrole nitrogens is 1. The van der Waals surface area contributed by atoms with E-state index in [0.717, 1.165) is 11.4 Å². The van der Waals surface area contributed by atoms with Crippen LogP contribution in [0.4, 0.5) is 11.6 Å². The predicted octanol–water partition coefficient (Wildman–Crippen LogP) is 3.37. The fourth-order valence-electron chi connectivity index (χ4n) is 2.39. The van der Waals surface area contributed by atoms with Gasteiger partial charge in [0.15, 0.2) is 23.4 Å². The van der Waals surface area contributed by atoms with Gasteiger partial charge in [0.2, 0.25) is 5.95 Å². The van der Waals surface area contributed by atoms with Crippen LogP contribution >= 0.6 is 0 Å². The third-order valence-electron chi connectivity index (χ3n) is 3.62. The summed E-state index contributed by atoms with van der Waals surface area (Å²) in [7, 11) is 0. The second-order valence-electron chi connectivity index (χ2n) is 5.40. The molecule has 2 aromatic carbocycles. The van der Waals surface area contributed by atoms with E-state index < -0.39 is 0 Å². The molecule has 1 atom stereocenters. The molecule has 0 aliphatic carbocycles. The summed E-state index contributed by atoms with van der Waals surface area (Å²) < 4.78 is 11.6. The normalized spacial score (nSPS) is 16.1. The van der Waals surface area contributed by atoms with Gasteiger partial charge in [-0.05, 0) is 31.2 Å². The van der Waals surface area contributed by atoms with E-state index in [9.17, 15) is 0 Å². The van der Waals surface area contributed by atoms with E-state index in [1.807, 2.05) is 55.5 Å². The molecule has 23 heavy (non-hydrogen) atoms. The number of aromatic nitrogens is 3. The lowest BCUT2D eigenvalue weighted by molar-refractivity contribution is 0.0853. The lowest BCUT2D eigenvalue weighted by Crippen LogP contribution is -2.22. The third kappa shape index (κ3) is 2.83. The molecule has 2 heterocycles. The Morgan fingerprint density at radius 1 is 1.09 bits per heavy atom. The van der Waals surface area contributed by atoms with Crippen LogP contribution in [0.3, 0.4) is 0 Å². The number of fused-ring (bicyclic) bond motifs is 1. The van der Waals surface area contributed by atoms with Crippen molar-refractivity contribution in [3.05, 3.63) is 59.9 Å². The summed E-state index contributed by atoms with van der Waals surface area (Å²) in [6.07, 6.45) is -0.300. The first-order valence-electron chi connectivity index (χ1n) is 7.42. The number of benzene rings is 2. The first-order chi connectivity index (χ1) is 11.3. The summed E-state index contributed by atoms with van der Waals surface area (Å²) in [5.41, 5.74) is 2.14. The van der Waals surface area contributed by atoms with Gasteiger partial charge in [0.25, 0.3) is 0 Å². The molecular formula is C17H16N4O2. The van der Waals surface area contributed by atoms with Crippen molar-refractivity contribution >= 4 is 11.6 Å². The first-order valence-corrected chi connectivity index (χ1v) is 7.42. The highest BCUT2D eigenvalue weighted by atomic mass is 16.6. The Balaban J connectivity index is 1.49. The number of nitrogens with one attached hydrogen (secondary N) is 2. The van der Waals surface area contributed by atoms with Gasteiger partial charge in [-0.25, -0.2) is 0 Å². The topological polar surface area (TPSA) is 72.1 Å². The minimum atomic E-state index is -0.300. The number of hydrogen-bond acceptors (Lipinski definition) is 5. The lowest BCUT2D eigenvalue weighted by Gasteiger charge is -2.24. The molecule has 116 valence electrons. The van der Waals surface area contributed by atoms with Crippen molar-refractivity contribution in [3.63, 3.8) is 0 Å². The van der Waals surface area contributed by atoms with Crippen LogP contribution < -0.4 is 14.8 Å². The zero-order valence-corrected chi connectivity index (χ0v) is 12.6. The average Bonchev–Trinajstić information content (AvgIpc) is 3.05. The van der Waals surface area contributed by atoms with Crippen LogP contribution in [0.1, 0.15) is 17.5 Å². The Bertz CT molecular complexity index is 813. The molecule has 6 nitrogen and oxygen atoms in total. The largest absolute Gasteiger partial charge is 0.485 e. The Labute approximate surface area is 133 Å². The molecule has 0 saturated carbocycles. The number of para-hydroxylation sites is 2. The van der Waals surface area contributed by atoms with Crippen LogP contribution in [-0.2, 0) is 0 Å². The van der Waals surface area contributed by atoms with Gasteiger partial charge in [0, 0.05) is 5.69 Å². The molecule has 0 spiro atoms. The van der Waals surface area contributed by atoms with Crippen molar-refractivity contribution in [2.45, 2.75) is 13.0 Å². The maximum absolute atomic E-state index is 5.91. The summed E-state index contributed by atoms with van der Waals surface area (Å²) in [5, 5.41) is 10.3. The van der Waals surface area contributed by atoms with E-state index in [4.69, 9.17) is 9.47 Å². The monoisotopic (exact) mass is 308 g/mol. The number of ether oxygens (including phenoxy) is 2. The minimum absolute atomic E-state index is 0.300. The molecule has 2 N–H and O–H groups in total. The molecule has 1 aliphatic heterocycles. The highest BCUT2D eigenvalue weighted by Crippen LogP contribution is 2.35. The number of nitrogens with zero attached hydrogens (tertiary/aromatic N) is 2. The van der Waals surface area contributed by atoms with Crippen LogP contribution in [0.15, 0.2) is 48.5 Å². The summed E-state index contributed by atoms with van der Waals surface area (Å²) >= 11 is 0. The Kier molecular flexibility index (Phi) is 3.34. The molecule has 6 heteroatoms. The molecule has 0 amide bonds. The highest BCUT2D eigenvalue weighted by Gasteiger charge is 2.25. The smallest absolute Gasteiger partial charge is 0.246 e. The van der Waals surface area contributed by atoms with Crippen molar-refractivity contribution in [2.75, 3.05) is 11.9 Å². The zero-order valence-electron chi connectivity index (χ0n) is 12.6. The number of rotatable bonds is 3.